The van der Waals surface area contributed by atoms with Crippen LogP contribution < -0.4 is 24.8 Å². The number of anilines is 2. The van der Waals surface area contributed by atoms with E-state index in [9.17, 15) is 22.4 Å². The minimum absolute atomic E-state index is 0.0950. The topological polar surface area (TPSA) is 85.0 Å². The van der Waals surface area contributed by atoms with Gasteiger partial charge in [-0.3, -0.25) is 4.98 Å². The molecule has 0 saturated carbocycles. The molecule has 1 aliphatic rings. The van der Waals surface area contributed by atoms with Crippen molar-refractivity contribution < 1.29 is 36.6 Å². The zero-order valence-electron chi connectivity index (χ0n) is 23.3. The summed E-state index contributed by atoms with van der Waals surface area (Å²) < 4.78 is 70.6. The second kappa shape index (κ2) is 13.2. The van der Waals surface area contributed by atoms with Crippen LogP contribution in [0.2, 0.25) is 0 Å². The minimum Gasteiger partial charge on any atom is -0.493 e. The molecule has 0 aliphatic carbocycles. The van der Waals surface area contributed by atoms with Crippen LogP contribution in [0.1, 0.15) is 24.8 Å². The Morgan fingerprint density at radius 2 is 1.63 bits per heavy atom. The summed E-state index contributed by atoms with van der Waals surface area (Å²) in [5.41, 5.74) is -0.0105. The van der Waals surface area contributed by atoms with Crippen LogP contribution in [0, 0.1) is 5.82 Å². The van der Waals surface area contributed by atoms with Gasteiger partial charge in [0.25, 0.3) is 0 Å². The number of alkyl halides is 3. The molecule has 1 fully saturated rings. The molecule has 226 valence electrons. The van der Waals surface area contributed by atoms with E-state index in [0.717, 1.165) is 56.4 Å². The maximum absolute atomic E-state index is 15.0. The SMILES string of the molecule is COc1cc2c(Oc3ccc(NC(=O)Nc4ccc(C(F)(F)F)cc4)cc3F)ccnc2cc1OCCCN1CCCC1. The highest BCUT2D eigenvalue weighted by Crippen LogP contribution is 2.38. The molecule has 0 unspecified atom stereocenters. The molecule has 2 N–H and O–H groups in total. The zero-order chi connectivity index (χ0) is 30.4. The molecular formula is C31H30F4N4O4. The fourth-order valence-corrected chi connectivity index (χ4v) is 4.78. The number of nitrogens with zero attached hydrogens (tertiary/aromatic N) is 2. The van der Waals surface area contributed by atoms with Crippen LogP contribution in [-0.2, 0) is 6.18 Å². The number of ether oxygens (including phenoxy) is 3. The van der Waals surface area contributed by atoms with Crippen LogP contribution in [0.4, 0.5) is 33.7 Å². The largest absolute Gasteiger partial charge is 0.493 e. The van der Waals surface area contributed by atoms with E-state index in [-0.39, 0.29) is 17.1 Å². The van der Waals surface area contributed by atoms with Crippen LogP contribution in [0.25, 0.3) is 10.9 Å². The number of carbonyl (C=O) groups excluding carboxylic acids is 1. The predicted molar refractivity (Wildman–Crippen MR) is 155 cm³/mol. The second-order valence-corrected chi connectivity index (χ2v) is 9.98. The summed E-state index contributed by atoms with van der Waals surface area (Å²) in [5.74, 6) is 0.538. The van der Waals surface area contributed by atoms with E-state index in [2.05, 4.69) is 20.5 Å². The average molecular weight is 599 g/mol. The van der Waals surface area contributed by atoms with Crippen LogP contribution in [0.5, 0.6) is 23.0 Å². The molecule has 3 aromatic carbocycles. The molecule has 8 nitrogen and oxygen atoms in total. The number of pyridine rings is 1. The Bertz CT molecular complexity index is 1580. The number of hydrogen-bond acceptors (Lipinski definition) is 6. The number of benzene rings is 3. The molecule has 2 heterocycles. The van der Waals surface area contributed by atoms with Gasteiger partial charge in [-0.1, -0.05) is 0 Å². The lowest BCUT2D eigenvalue weighted by Crippen LogP contribution is -2.21. The Morgan fingerprint density at radius 1 is 0.907 bits per heavy atom. The van der Waals surface area contributed by atoms with Gasteiger partial charge < -0.3 is 29.7 Å². The lowest BCUT2D eigenvalue weighted by atomic mass is 10.1. The van der Waals surface area contributed by atoms with Crippen molar-refractivity contribution in [1.29, 1.82) is 0 Å². The Hall–Kier alpha value is -4.58. The van der Waals surface area contributed by atoms with E-state index < -0.39 is 23.6 Å². The van der Waals surface area contributed by atoms with Crippen molar-refractivity contribution >= 4 is 28.3 Å². The van der Waals surface area contributed by atoms with E-state index in [4.69, 9.17) is 14.2 Å². The van der Waals surface area contributed by atoms with Gasteiger partial charge in [-0.05, 0) is 80.9 Å². The summed E-state index contributed by atoms with van der Waals surface area (Å²) in [5, 5.41) is 5.43. The number of amides is 2. The van der Waals surface area contributed by atoms with Gasteiger partial charge in [-0.15, -0.1) is 0 Å². The smallest absolute Gasteiger partial charge is 0.416 e. The molecule has 1 aromatic heterocycles. The molecule has 0 radical (unpaired) electrons. The highest BCUT2D eigenvalue weighted by atomic mass is 19.4. The molecule has 1 saturated heterocycles. The van der Waals surface area contributed by atoms with Crippen molar-refractivity contribution in [3.05, 3.63) is 78.2 Å². The third kappa shape index (κ3) is 7.63. The van der Waals surface area contributed by atoms with Crippen molar-refractivity contribution in [2.75, 3.05) is 44.0 Å². The fourth-order valence-electron chi connectivity index (χ4n) is 4.78. The first-order chi connectivity index (χ1) is 20.7. The maximum Gasteiger partial charge on any atom is 0.416 e. The number of fused-ring (bicyclic) bond motifs is 1. The van der Waals surface area contributed by atoms with Crippen LogP contribution in [0.3, 0.4) is 0 Å². The first kappa shape index (κ1) is 29.9. The van der Waals surface area contributed by atoms with Gasteiger partial charge in [-0.2, -0.15) is 13.2 Å². The van der Waals surface area contributed by atoms with Crippen molar-refractivity contribution in [3.8, 4) is 23.0 Å². The van der Waals surface area contributed by atoms with Gasteiger partial charge in [0, 0.05) is 41.6 Å². The van der Waals surface area contributed by atoms with E-state index in [1.807, 2.05) is 0 Å². The Balaban J connectivity index is 1.23. The van der Waals surface area contributed by atoms with Gasteiger partial charge >= 0.3 is 12.2 Å². The Morgan fingerprint density at radius 3 is 2.33 bits per heavy atom. The summed E-state index contributed by atoms with van der Waals surface area (Å²) in [7, 11) is 1.54. The van der Waals surface area contributed by atoms with Crippen molar-refractivity contribution in [2.24, 2.45) is 0 Å². The van der Waals surface area contributed by atoms with Gasteiger partial charge in [0.1, 0.15) is 5.75 Å². The fraction of sp³-hybridized carbons (Fsp3) is 0.290. The normalized spacial score (nSPS) is 13.6. The van der Waals surface area contributed by atoms with Crippen LogP contribution >= 0.6 is 0 Å². The number of nitrogens with one attached hydrogen (secondary N) is 2. The molecule has 4 aromatic rings. The molecule has 5 rings (SSSR count). The maximum atomic E-state index is 15.0. The van der Waals surface area contributed by atoms with Crippen molar-refractivity contribution in [1.82, 2.24) is 9.88 Å². The third-order valence-corrected chi connectivity index (χ3v) is 6.94. The molecule has 12 heteroatoms. The third-order valence-electron chi connectivity index (χ3n) is 6.94. The molecule has 0 atom stereocenters. The van der Waals surface area contributed by atoms with Gasteiger partial charge in [-0.25, -0.2) is 9.18 Å². The van der Waals surface area contributed by atoms with Crippen molar-refractivity contribution in [3.63, 3.8) is 0 Å². The lowest BCUT2D eigenvalue weighted by Gasteiger charge is -2.16. The molecule has 43 heavy (non-hydrogen) atoms. The number of aromatic nitrogens is 1. The predicted octanol–water partition coefficient (Wildman–Crippen LogP) is 7.70. The van der Waals surface area contributed by atoms with Gasteiger partial charge in [0.2, 0.25) is 0 Å². The molecule has 0 spiro atoms. The standard InChI is InChI=1S/C31H30F4N4O4/c1-41-28-18-23-25(19-29(28)42-16-4-15-39-13-2-3-14-39)36-12-11-26(23)43-27-10-9-22(17-24(27)32)38-30(40)37-21-7-5-20(6-8-21)31(33,34)35/h5-12,17-19H,2-4,13-16H2,1H3,(H2,37,38,40). The number of halogens is 4. The van der Waals surface area contributed by atoms with E-state index in [0.29, 0.717) is 34.8 Å². The highest BCUT2D eigenvalue weighted by Gasteiger charge is 2.30. The molecule has 2 amide bonds. The van der Waals surface area contributed by atoms with Gasteiger partial charge in [0.15, 0.2) is 23.1 Å². The first-order valence-electron chi connectivity index (χ1n) is 13.7. The lowest BCUT2D eigenvalue weighted by molar-refractivity contribution is -0.137. The second-order valence-electron chi connectivity index (χ2n) is 9.98. The highest BCUT2D eigenvalue weighted by molar-refractivity contribution is 5.99. The molecule has 1 aliphatic heterocycles. The summed E-state index contributed by atoms with van der Waals surface area (Å²) >= 11 is 0. The summed E-state index contributed by atoms with van der Waals surface area (Å²) in [4.78, 5) is 19.1. The van der Waals surface area contributed by atoms with Gasteiger partial charge in [0.05, 0.1) is 24.8 Å². The number of likely N-dealkylation sites (tertiary alicyclic amines) is 1. The van der Waals surface area contributed by atoms with Crippen LogP contribution in [0.15, 0.2) is 66.9 Å². The average Bonchev–Trinajstić information content (AvgIpc) is 3.50. The minimum atomic E-state index is -4.49. The number of carbonyl (C=O) groups is 1. The number of methoxy groups -OCH3 is 1. The summed E-state index contributed by atoms with van der Waals surface area (Å²) in [6.45, 7) is 3.78. The monoisotopic (exact) mass is 598 g/mol. The number of hydrogen-bond donors (Lipinski definition) is 2. The summed E-state index contributed by atoms with van der Waals surface area (Å²) in [6, 6.07) is 12.1. The summed E-state index contributed by atoms with van der Waals surface area (Å²) in [6.07, 6.45) is 0.429. The van der Waals surface area contributed by atoms with Crippen LogP contribution in [-0.4, -0.2) is 49.3 Å². The molecule has 0 bridgehead atoms. The number of rotatable bonds is 10. The Labute approximate surface area is 245 Å². The zero-order valence-corrected chi connectivity index (χ0v) is 23.3. The Kier molecular flexibility index (Phi) is 9.15. The van der Waals surface area contributed by atoms with Crippen molar-refractivity contribution in [2.45, 2.75) is 25.4 Å². The van der Waals surface area contributed by atoms with E-state index in [1.54, 1.807) is 24.4 Å². The number of urea groups is 1. The van der Waals surface area contributed by atoms with E-state index >= 15 is 0 Å². The first-order valence-corrected chi connectivity index (χ1v) is 13.7. The molecular weight excluding hydrogens is 568 g/mol. The quantitative estimate of drug-likeness (QED) is 0.144. The van der Waals surface area contributed by atoms with E-state index in [1.165, 1.54) is 32.1 Å².